The van der Waals surface area contributed by atoms with Crippen molar-refractivity contribution in [1.82, 2.24) is 0 Å². The van der Waals surface area contributed by atoms with Crippen LogP contribution in [-0.2, 0) is 9.53 Å². The molecule has 0 bridgehead atoms. The molecule has 1 saturated heterocycles. The average Bonchev–Trinajstić information content (AvgIpc) is 3.11. The molecule has 2 heteroatoms. The second kappa shape index (κ2) is 4.87. The van der Waals surface area contributed by atoms with Crippen LogP contribution in [0.4, 0.5) is 0 Å². The molecular weight excluding hydrogens is 200 g/mol. The number of Topliss-reactive ketones (excluding diaryl/α,β-unsaturated/α-hetero) is 1. The molecular formula is C14H24O2. The summed E-state index contributed by atoms with van der Waals surface area (Å²) in [5.74, 6) is 1.00. The number of carbonyl (C=O) groups excluding carboxylic acids is 1. The molecule has 2 nitrogen and oxygen atoms in total. The number of rotatable bonds is 7. The van der Waals surface area contributed by atoms with Crippen molar-refractivity contribution in [2.75, 3.05) is 0 Å². The minimum absolute atomic E-state index is 0.0197. The highest BCUT2D eigenvalue weighted by atomic mass is 16.6. The van der Waals surface area contributed by atoms with Crippen LogP contribution in [0, 0.1) is 5.92 Å². The minimum Gasteiger partial charge on any atom is -0.356 e. The maximum atomic E-state index is 12.3. The largest absolute Gasteiger partial charge is 0.356 e. The maximum absolute atomic E-state index is 12.3. The van der Waals surface area contributed by atoms with E-state index in [4.69, 9.17) is 4.74 Å². The Balaban J connectivity index is 1.91. The molecule has 0 aromatic carbocycles. The number of ether oxygens (including phenoxy) is 1. The summed E-state index contributed by atoms with van der Waals surface area (Å²) in [6.07, 6.45) is 8.82. The quantitative estimate of drug-likeness (QED) is 0.661. The van der Waals surface area contributed by atoms with Gasteiger partial charge in [-0.1, -0.05) is 39.5 Å². The number of unbranched alkanes of at least 4 members (excludes halogenated alkanes) is 2. The zero-order valence-corrected chi connectivity index (χ0v) is 10.6. The summed E-state index contributed by atoms with van der Waals surface area (Å²) < 4.78 is 6.02. The summed E-state index contributed by atoms with van der Waals surface area (Å²) in [6, 6.07) is 0. The Morgan fingerprint density at radius 3 is 2.12 bits per heavy atom. The monoisotopic (exact) mass is 224 g/mol. The number of hydrogen-bond donors (Lipinski definition) is 0. The van der Waals surface area contributed by atoms with E-state index in [9.17, 15) is 4.79 Å². The van der Waals surface area contributed by atoms with Gasteiger partial charge < -0.3 is 4.74 Å². The first-order valence-electron chi connectivity index (χ1n) is 6.95. The van der Waals surface area contributed by atoms with E-state index < -0.39 is 0 Å². The molecule has 0 amide bonds. The van der Waals surface area contributed by atoms with Crippen molar-refractivity contribution in [3.63, 3.8) is 0 Å². The van der Waals surface area contributed by atoms with Crippen LogP contribution in [0.15, 0.2) is 0 Å². The Labute approximate surface area is 98.7 Å². The van der Waals surface area contributed by atoms with Crippen molar-refractivity contribution in [2.24, 2.45) is 5.92 Å². The van der Waals surface area contributed by atoms with E-state index in [1.807, 2.05) is 0 Å². The van der Waals surface area contributed by atoms with Crippen molar-refractivity contribution >= 4 is 5.78 Å². The van der Waals surface area contributed by atoms with Gasteiger partial charge in [0.15, 0.2) is 5.78 Å². The van der Waals surface area contributed by atoms with Gasteiger partial charge in [-0.25, -0.2) is 0 Å². The Hall–Kier alpha value is -0.370. The first kappa shape index (κ1) is 12.1. The van der Waals surface area contributed by atoms with Crippen molar-refractivity contribution in [1.29, 1.82) is 0 Å². The van der Waals surface area contributed by atoms with Crippen LogP contribution in [0.1, 0.15) is 65.2 Å². The van der Waals surface area contributed by atoms with E-state index in [-0.39, 0.29) is 11.7 Å². The summed E-state index contributed by atoms with van der Waals surface area (Å²) in [5, 5.41) is 0. The van der Waals surface area contributed by atoms with Gasteiger partial charge in [-0.05, 0) is 31.6 Å². The summed E-state index contributed by atoms with van der Waals surface area (Å²) >= 11 is 0. The van der Waals surface area contributed by atoms with Crippen molar-refractivity contribution in [3.8, 4) is 0 Å². The topological polar surface area (TPSA) is 26.3 Å². The van der Waals surface area contributed by atoms with Gasteiger partial charge in [0.25, 0.3) is 0 Å². The van der Waals surface area contributed by atoms with Crippen LogP contribution in [0.5, 0.6) is 0 Å². The third-order valence-electron chi connectivity index (χ3n) is 3.98. The number of carbonyl (C=O) groups is 1. The van der Waals surface area contributed by atoms with Gasteiger partial charge in [0, 0.05) is 0 Å². The zero-order chi connectivity index (χ0) is 11.6. The van der Waals surface area contributed by atoms with Crippen LogP contribution in [0.25, 0.3) is 0 Å². The molecule has 1 heterocycles. The highest BCUT2D eigenvalue weighted by Gasteiger charge is 2.58. The number of hydrogen-bond acceptors (Lipinski definition) is 2. The normalized spacial score (nSPS) is 27.9. The highest BCUT2D eigenvalue weighted by molar-refractivity contribution is 5.96. The van der Waals surface area contributed by atoms with E-state index in [0.29, 0.717) is 11.7 Å². The third-order valence-corrected chi connectivity index (χ3v) is 3.98. The van der Waals surface area contributed by atoms with Gasteiger partial charge in [0.1, 0.15) is 11.7 Å². The summed E-state index contributed by atoms with van der Waals surface area (Å²) in [7, 11) is 0. The Kier molecular flexibility index (Phi) is 3.68. The van der Waals surface area contributed by atoms with Gasteiger partial charge in [0.2, 0.25) is 0 Å². The highest BCUT2D eigenvalue weighted by Crippen LogP contribution is 2.47. The lowest BCUT2D eigenvalue weighted by Crippen LogP contribution is -2.61. The van der Waals surface area contributed by atoms with Crippen LogP contribution in [-0.4, -0.2) is 17.5 Å². The molecule has 1 saturated carbocycles. The average molecular weight is 224 g/mol. The van der Waals surface area contributed by atoms with E-state index >= 15 is 0 Å². The number of ketones is 1. The molecule has 2 fully saturated rings. The second-order valence-electron chi connectivity index (χ2n) is 5.44. The minimum atomic E-state index is -0.362. The molecule has 1 atom stereocenters. The molecule has 2 rings (SSSR count). The van der Waals surface area contributed by atoms with Gasteiger partial charge in [-0.3, -0.25) is 4.79 Å². The molecule has 92 valence electrons. The first-order valence-corrected chi connectivity index (χ1v) is 6.95. The molecule has 0 spiro atoms. The Morgan fingerprint density at radius 2 is 1.75 bits per heavy atom. The lowest BCUT2D eigenvalue weighted by molar-refractivity contribution is -0.210. The van der Waals surface area contributed by atoms with E-state index in [0.717, 1.165) is 38.5 Å². The van der Waals surface area contributed by atoms with E-state index in [2.05, 4.69) is 13.8 Å². The smallest absolute Gasteiger partial charge is 0.193 e. The predicted molar refractivity (Wildman–Crippen MR) is 64.4 cm³/mol. The molecule has 2 aliphatic rings. The van der Waals surface area contributed by atoms with Gasteiger partial charge >= 0.3 is 0 Å². The summed E-state index contributed by atoms with van der Waals surface area (Å²) in [6.45, 7) is 4.35. The van der Waals surface area contributed by atoms with Gasteiger partial charge in [-0.15, -0.1) is 0 Å². The predicted octanol–water partition coefficient (Wildman–Crippen LogP) is 3.48. The molecule has 1 unspecified atom stereocenters. The maximum Gasteiger partial charge on any atom is 0.193 e. The SMILES string of the molecule is CCCCC1(CCCC)OC(C2CC2)C1=O. The fourth-order valence-electron chi connectivity index (χ4n) is 2.68. The van der Waals surface area contributed by atoms with Crippen LogP contribution >= 0.6 is 0 Å². The van der Waals surface area contributed by atoms with Crippen LogP contribution < -0.4 is 0 Å². The second-order valence-corrected chi connectivity index (χ2v) is 5.44. The standard InChI is InChI=1S/C14H24O2/c1-3-5-9-14(10-6-4-2)13(15)12(16-14)11-7-8-11/h11-12H,3-10H2,1-2H3. The van der Waals surface area contributed by atoms with Gasteiger partial charge in [-0.2, -0.15) is 0 Å². The Bertz CT molecular complexity index is 247. The van der Waals surface area contributed by atoms with E-state index in [1.54, 1.807) is 0 Å². The fraction of sp³-hybridized carbons (Fsp3) is 0.929. The molecule has 1 aliphatic heterocycles. The molecule has 0 aromatic heterocycles. The lowest BCUT2D eigenvalue weighted by atomic mass is 9.78. The molecule has 0 radical (unpaired) electrons. The first-order chi connectivity index (χ1) is 7.73. The van der Waals surface area contributed by atoms with Crippen LogP contribution in [0.2, 0.25) is 0 Å². The third kappa shape index (κ3) is 2.17. The molecule has 0 N–H and O–H groups in total. The zero-order valence-electron chi connectivity index (χ0n) is 10.6. The Morgan fingerprint density at radius 1 is 1.19 bits per heavy atom. The molecule has 1 aliphatic carbocycles. The van der Waals surface area contributed by atoms with Crippen molar-refractivity contribution in [2.45, 2.75) is 76.9 Å². The summed E-state index contributed by atoms with van der Waals surface area (Å²) in [5.41, 5.74) is -0.362. The lowest BCUT2D eigenvalue weighted by Gasteiger charge is -2.46. The van der Waals surface area contributed by atoms with Crippen molar-refractivity contribution in [3.05, 3.63) is 0 Å². The van der Waals surface area contributed by atoms with Crippen LogP contribution in [0.3, 0.4) is 0 Å². The van der Waals surface area contributed by atoms with Crippen molar-refractivity contribution < 1.29 is 9.53 Å². The molecule has 16 heavy (non-hydrogen) atoms. The fourth-order valence-corrected chi connectivity index (χ4v) is 2.68. The summed E-state index contributed by atoms with van der Waals surface area (Å²) in [4.78, 5) is 12.3. The molecule has 0 aromatic rings. The van der Waals surface area contributed by atoms with E-state index in [1.165, 1.54) is 12.8 Å². The van der Waals surface area contributed by atoms with Gasteiger partial charge in [0.05, 0.1) is 0 Å².